The summed E-state index contributed by atoms with van der Waals surface area (Å²) in [4.78, 5) is 25.6. The number of hydrogen-bond acceptors (Lipinski definition) is 6. The second kappa shape index (κ2) is 9.57. The smallest absolute Gasteiger partial charge is 0.348 e. The number of ether oxygens (including phenoxy) is 1. The highest BCUT2D eigenvalue weighted by atomic mass is 32.2. The van der Waals surface area contributed by atoms with Gasteiger partial charge in [-0.05, 0) is 54.6 Å². The minimum Gasteiger partial charge on any atom is -0.462 e. The van der Waals surface area contributed by atoms with E-state index in [1.807, 2.05) is 36.6 Å². The van der Waals surface area contributed by atoms with Crippen LogP contribution in [0.3, 0.4) is 0 Å². The molecule has 0 aliphatic rings. The van der Waals surface area contributed by atoms with Gasteiger partial charge in [-0.2, -0.15) is 0 Å². The summed E-state index contributed by atoms with van der Waals surface area (Å²) in [5.74, 6) is -0.301. The predicted octanol–water partition coefficient (Wildman–Crippen LogP) is 5.59. The number of rotatable bonds is 8. The van der Waals surface area contributed by atoms with Crippen LogP contribution in [0.25, 0.3) is 21.6 Å². The number of aldehydes is 1. The lowest BCUT2D eigenvalue weighted by molar-refractivity contribution is -0.106. The first-order valence-corrected chi connectivity index (χ1v) is 10.9. The van der Waals surface area contributed by atoms with Crippen LogP contribution in [-0.2, 0) is 9.53 Å². The van der Waals surface area contributed by atoms with Gasteiger partial charge in [-0.1, -0.05) is 24.3 Å². The fraction of sp³-hybridized carbons (Fsp3) is 0.182. The number of thiophene rings is 1. The normalized spacial score (nSPS) is 10.5. The second-order valence-electron chi connectivity index (χ2n) is 5.93. The Bertz CT molecular complexity index is 947. The molecule has 3 aromatic rings. The van der Waals surface area contributed by atoms with E-state index >= 15 is 0 Å². The molecule has 0 spiro atoms. The van der Waals surface area contributed by atoms with E-state index in [1.165, 1.54) is 16.2 Å². The molecule has 2 aromatic carbocycles. The van der Waals surface area contributed by atoms with Crippen LogP contribution in [0, 0.1) is 0 Å². The summed E-state index contributed by atoms with van der Waals surface area (Å²) >= 11 is 3.13. The van der Waals surface area contributed by atoms with Gasteiger partial charge in [-0.25, -0.2) is 4.79 Å². The van der Waals surface area contributed by atoms with Crippen molar-refractivity contribution in [3.05, 3.63) is 59.5 Å². The van der Waals surface area contributed by atoms with Crippen LogP contribution >= 0.6 is 23.1 Å². The number of carbonyl (C=O) groups is 2. The van der Waals surface area contributed by atoms with Gasteiger partial charge in [0.1, 0.15) is 11.2 Å². The van der Waals surface area contributed by atoms with E-state index in [4.69, 9.17) is 4.74 Å². The molecule has 1 N–H and O–H groups in total. The van der Waals surface area contributed by atoms with Crippen molar-refractivity contribution >= 4 is 41.0 Å². The maximum Gasteiger partial charge on any atom is 0.348 e. The van der Waals surface area contributed by atoms with E-state index in [2.05, 4.69) is 29.6 Å². The van der Waals surface area contributed by atoms with Crippen LogP contribution in [0.4, 0.5) is 5.69 Å². The summed E-state index contributed by atoms with van der Waals surface area (Å²) in [5.41, 5.74) is 3.96. The molecule has 0 unspecified atom stereocenters. The zero-order valence-electron chi connectivity index (χ0n) is 15.7. The molecule has 0 amide bonds. The number of carbonyl (C=O) groups excluding carboxylic acids is 2. The van der Waals surface area contributed by atoms with Gasteiger partial charge >= 0.3 is 5.97 Å². The molecule has 28 heavy (non-hydrogen) atoms. The topological polar surface area (TPSA) is 55.4 Å². The van der Waals surface area contributed by atoms with Gasteiger partial charge < -0.3 is 14.8 Å². The first-order chi connectivity index (χ1) is 13.7. The quantitative estimate of drug-likeness (QED) is 0.297. The summed E-state index contributed by atoms with van der Waals surface area (Å²) in [5, 5.41) is 3.03. The lowest BCUT2D eigenvalue weighted by Crippen LogP contribution is -2.01. The summed E-state index contributed by atoms with van der Waals surface area (Å²) < 4.78 is 5.19. The van der Waals surface area contributed by atoms with E-state index in [0.29, 0.717) is 11.5 Å². The molecular formula is C22H21NO3S2. The SMILES string of the molecule is CCOC(=O)c1cc(-c2ccc(SC)cc2)c(-c2ccc(NCC=O)cc2)s1. The zero-order chi connectivity index (χ0) is 19.9. The third kappa shape index (κ3) is 4.64. The third-order valence-corrected chi connectivity index (χ3v) is 6.05. The van der Waals surface area contributed by atoms with Gasteiger partial charge in [0.2, 0.25) is 0 Å². The zero-order valence-corrected chi connectivity index (χ0v) is 17.4. The Kier molecular flexibility index (Phi) is 6.90. The molecule has 144 valence electrons. The molecule has 0 atom stereocenters. The molecule has 0 fully saturated rings. The number of benzene rings is 2. The maximum atomic E-state index is 12.3. The van der Waals surface area contributed by atoms with Crippen molar-refractivity contribution < 1.29 is 14.3 Å². The highest BCUT2D eigenvalue weighted by Gasteiger charge is 2.18. The Labute approximate surface area is 172 Å². The molecule has 1 heterocycles. The Morgan fingerprint density at radius 2 is 1.79 bits per heavy atom. The standard InChI is InChI=1S/C22H21NO3S2/c1-3-26-22(25)20-14-19(15-6-10-18(27-2)11-7-15)21(28-20)16-4-8-17(9-5-16)23-12-13-24/h4-11,13-14,23H,3,12H2,1-2H3. The first kappa shape index (κ1) is 20.2. The second-order valence-corrected chi connectivity index (χ2v) is 7.86. The maximum absolute atomic E-state index is 12.3. The average molecular weight is 412 g/mol. The van der Waals surface area contributed by atoms with Crippen molar-refractivity contribution in [1.29, 1.82) is 0 Å². The summed E-state index contributed by atoms with van der Waals surface area (Å²) in [6.07, 6.45) is 2.87. The van der Waals surface area contributed by atoms with Crippen molar-refractivity contribution in [1.82, 2.24) is 0 Å². The fourth-order valence-electron chi connectivity index (χ4n) is 2.79. The Morgan fingerprint density at radius 3 is 2.39 bits per heavy atom. The Morgan fingerprint density at radius 1 is 1.11 bits per heavy atom. The van der Waals surface area contributed by atoms with Crippen LogP contribution in [0.15, 0.2) is 59.5 Å². The third-order valence-electron chi connectivity index (χ3n) is 4.15. The highest BCUT2D eigenvalue weighted by molar-refractivity contribution is 7.98. The highest BCUT2D eigenvalue weighted by Crippen LogP contribution is 2.40. The fourth-order valence-corrected chi connectivity index (χ4v) is 4.28. The van der Waals surface area contributed by atoms with Crippen molar-refractivity contribution in [3.8, 4) is 21.6 Å². The van der Waals surface area contributed by atoms with Crippen molar-refractivity contribution in [2.24, 2.45) is 0 Å². The van der Waals surface area contributed by atoms with E-state index in [0.717, 1.165) is 33.5 Å². The van der Waals surface area contributed by atoms with Gasteiger partial charge in [-0.3, -0.25) is 0 Å². The largest absolute Gasteiger partial charge is 0.462 e. The van der Waals surface area contributed by atoms with Crippen LogP contribution in [0.1, 0.15) is 16.6 Å². The van der Waals surface area contributed by atoms with E-state index in [-0.39, 0.29) is 12.5 Å². The molecule has 0 saturated heterocycles. The summed E-state index contributed by atoms with van der Waals surface area (Å²) in [6.45, 7) is 2.43. The van der Waals surface area contributed by atoms with Gasteiger partial charge in [0, 0.05) is 21.0 Å². The van der Waals surface area contributed by atoms with E-state index < -0.39 is 0 Å². The Hall–Kier alpha value is -2.57. The molecule has 0 bridgehead atoms. The molecular weight excluding hydrogens is 390 g/mol. The van der Waals surface area contributed by atoms with Crippen LogP contribution in [0.2, 0.25) is 0 Å². The molecule has 0 aliphatic carbocycles. The van der Waals surface area contributed by atoms with Crippen LogP contribution in [0.5, 0.6) is 0 Å². The van der Waals surface area contributed by atoms with Crippen LogP contribution < -0.4 is 5.32 Å². The summed E-state index contributed by atoms with van der Waals surface area (Å²) in [6, 6.07) is 18.1. The molecule has 4 nitrogen and oxygen atoms in total. The Balaban J connectivity index is 2.02. The number of nitrogens with one attached hydrogen (secondary N) is 1. The molecule has 3 rings (SSSR count). The average Bonchev–Trinajstić information content (AvgIpc) is 3.18. The minimum atomic E-state index is -0.301. The minimum absolute atomic E-state index is 0.276. The molecule has 0 saturated carbocycles. The molecule has 0 aliphatic heterocycles. The predicted molar refractivity (Wildman–Crippen MR) is 117 cm³/mol. The van der Waals surface area contributed by atoms with Crippen molar-refractivity contribution in [3.63, 3.8) is 0 Å². The number of hydrogen-bond donors (Lipinski definition) is 1. The monoisotopic (exact) mass is 411 g/mol. The van der Waals surface area contributed by atoms with Crippen molar-refractivity contribution in [2.75, 3.05) is 24.7 Å². The van der Waals surface area contributed by atoms with Gasteiger partial charge in [0.25, 0.3) is 0 Å². The van der Waals surface area contributed by atoms with Crippen LogP contribution in [-0.4, -0.2) is 31.7 Å². The molecule has 1 aromatic heterocycles. The molecule has 6 heteroatoms. The summed E-state index contributed by atoms with van der Waals surface area (Å²) in [7, 11) is 0. The lowest BCUT2D eigenvalue weighted by atomic mass is 10.0. The van der Waals surface area contributed by atoms with Gasteiger partial charge in [0.15, 0.2) is 0 Å². The van der Waals surface area contributed by atoms with E-state index in [9.17, 15) is 9.59 Å². The van der Waals surface area contributed by atoms with Gasteiger partial charge in [-0.15, -0.1) is 23.1 Å². The van der Waals surface area contributed by atoms with Gasteiger partial charge in [0.05, 0.1) is 13.2 Å². The lowest BCUT2D eigenvalue weighted by Gasteiger charge is -2.07. The van der Waals surface area contributed by atoms with E-state index in [1.54, 1.807) is 18.7 Å². The number of anilines is 1. The molecule has 0 radical (unpaired) electrons. The number of esters is 1. The first-order valence-electron chi connectivity index (χ1n) is 8.89. The number of thioether (sulfide) groups is 1. The van der Waals surface area contributed by atoms with Crippen molar-refractivity contribution in [2.45, 2.75) is 11.8 Å².